The average Bonchev–Trinajstić information content (AvgIpc) is 2.57. The zero-order valence-corrected chi connectivity index (χ0v) is 9.78. The number of carbonyl (C=O) groups is 1. The van der Waals surface area contributed by atoms with Crippen molar-refractivity contribution in [2.75, 3.05) is 11.9 Å². The van der Waals surface area contributed by atoms with Crippen molar-refractivity contribution >= 4 is 11.6 Å². The summed E-state index contributed by atoms with van der Waals surface area (Å²) in [5.74, 6) is 0.147. The molecule has 1 atom stereocenters. The molecule has 92 valence electrons. The Balaban J connectivity index is 1.95. The molecule has 1 aliphatic rings. The van der Waals surface area contributed by atoms with Crippen molar-refractivity contribution in [3.63, 3.8) is 0 Å². The van der Waals surface area contributed by atoms with Crippen molar-refractivity contribution in [3.8, 4) is 5.75 Å². The van der Waals surface area contributed by atoms with Crippen LogP contribution in [0.1, 0.15) is 25.7 Å². The normalized spacial score (nSPS) is 20.6. The van der Waals surface area contributed by atoms with Gasteiger partial charge < -0.3 is 15.7 Å². The first-order chi connectivity index (χ1) is 8.25. The highest BCUT2D eigenvalue weighted by atomic mass is 16.3. The minimum atomic E-state index is -0.111. The maximum absolute atomic E-state index is 12.0. The molecule has 2 rings (SSSR count). The van der Waals surface area contributed by atoms with Crippen molar-refractivity contribution in [2.45, 2.75) is 31.7 Å². The first kappa shape index (κ1) is 11.9. The van der Waals surface area contributed by atoms with Crippen LogP contribution in [0.5, 0.6) is 5.75 Å². The summed E-state index contributed by atoms with van der Waals surface area (Å²) in [5.41, 5.74) is 0.640. The van der Waals surface area contributed by atoms with Gasteiger partial charge in [-0.3, -0.25) is 4.79 Å². The van der Waals surface area contributed by atoms with Gasteiger partial charge in [0.2, 0.25) is 5.91 Å². The molecule has 0 spiro atoms. The van der Waals surface area contributed by atoms with Crippen molar-refractivity contribution in [1.82, 2.24) is 5.32 Å². The van der Waals surface area contributed by atoms with Crippen LogP contribution < -0.4 is 10.6 Å². The van der Waals surface area contributed by atoms with Crippen molar-refractivity contribution in [1.29, 1.82) is 0 Å². The largest absolute Gasteiger partial charge is 0.508 e. The number of amides is 1. The van der Waals surface area contributed by atoms with Gasteiger partial charge in [-0.1, -0.05) is 18.9 Å². The molecule has 1 aliphatic heterocycles. The lowest BCUT2D eigenvalue weighted by atomic mass is 10.1. The van der Waals surface area contributed by atoms with Gasteiger partial charge in [-0.15, -0.1) is 0 Å². The fourth-order valence-electron chi connectivity index (χ4n) is 2.07. The van der Waals surface area contributed by atoms with Crippen LogP contribution in [0.3, 0.4) is 0 Å². The third-order valence-corrected chi connectivity index (χ3v) is 2.99. The maximum Gasteiger partial charge on any atom is 0.241 e. The molecule has 0 aliphatic carbocycles. The number of rotatable bonds is 2. The van der Waals surface area contributed by atoms with Crippen molar-refractivity contribution in [2.24, 2.45) is 0 Å². The van der Waals surface area contributed by atoms with E-state index in [-0.39, 0.29) is 17.7 Å². The Hall–Kier alpha value is -1.55. The Morgan fingerprint density at radius 1 is 1.35 bits per heavy atom. The van der Waals surface area contributed by atoms with Crippen LogP contribution in [0.2, 0.25) is 0 Å². The highest BCUT2D eigenvalue weighted by Gasteiger charge is 2.19. The second kappa shape index (κ2) is 5.68. The minimum absolute atomic E-state index is 0.0162. The van der Waals surface area contributed by atoms with Gasteiger partial charge in [0, 0.05) is 11.8 Å². The molecule has 1 amide bonds. The molecule has 0 bridgehead atoms. The van der Waals surface area contributed by atoms with Crippen LogP contribution in [-0.4, -0.2) is 23.6 Å². The summed E-state index contributed by atoms with van der Waals surface area (Å²) in [6, 6.07) is 6.51. The topological polar surface area (TPSA) is 61.4 Å². The van der Waals surface area contributed by atoms with E-state index >= 15 is 0 Å². The number of anilines is 1. The highest BCUT2D eigenvalue weighted by Crippen LogP contribution is 2.16. The third-order valence-electron chi connectivity index (χ3n) is 2.99. The van der Waals surface area contributed by atoms with E-state index < -0.39 is 0 Å². The third kappa shape index (κ3) is 3.46. The molecule has 4 nitrogen and oxygen atoms in total. The van der Waals surface area contributed by atoms with E-state index in [2.05, 4.69) is 10.6 Å². The Labute approximate surface area is 101 Å². The van der Waals surface area contributed by atoms with Crippen LogP contribution in [0.15, 0.2) is 24.3 Å². The van der Waals surface area contributed by atoms with Crippen LogP contribution in [0.25, 0.3) is 0 Å². The number of benzene rings is 1. The van der Waals surface area contributed by atoms with E-state index in [4.69, 9.17) is 0 Å². The monoisotopic (exact) mass is 234 g/mol. The average molecular weight is 234 g/mol. The number of phenolic OH excluding ortho intramolecular Hbond substituents is 1. The van der Waals surface area contributed by atoms with E-state index in [1.54, 1.807) is 24.3 Å². The lowest BCUT2D eigenvalue weighted by Gasteiger charge is -2.15. The van der Waals surface area contributed by atoms with E-state index in [1.807, 2.05) is 0 Å². The summed E-state index contributed by atoms with van der Waals surface area (Å²) in [5, 5.41) is 15.4. The van der Waals surface area contributed by atoms with E-state index in [0.29, 0.717) is 5.69 Å². The maximum atomic E-state index is 12.0. The molecule has 0 aromatic heterocycles. The molecule has 0 saturated carbocycles. The minimum Gasteiger partial charge on any atom is -0.508 e. The van der Waals surface area contributed by atoms with E-state index in [9.17, 15) is 9.90 Å². The molecule has 1 aromatic carbocycles. The summed E-state index contributed by atoms with van der Waals surface area (Å²) in [6.07, 6.45) is 4.29. The first-order valence-electron chi connectivity index (χ1n) is 6.09. The Kier molecular flexibility index (Phi) is 3.98. The quantitative estimate of drug-likeness (QED) is 0.732. The predicted molar refractivity (Wildman–Crippen MR) is 67.0 cm³/mol. The lowest BCUT2D eigenvalue weighted by molar-refractivity contribution is -0.118. The van der Waals surface area contributed by atoms with Gasteiger partial charge in [-0.2, -0.15) is 0 Å². The molecule has 3 N–H and O–H groups in total. The molecular formula is C13H18N2O2. The van der Waals surface area contributed by atoms with Gasteiger partial charge in [0.1, 0.15) is 5.75 Å². The van der Waals surface area contributed by atoms with Crippen molar-refractivity contribution < 1.29 is 9.90 Å². The summed E-state index contributed by atoms with van der Waals surface area (Å²) < 4.78 is 0. The summed E-state index contributed by atoms with van der Waals surface area (Å²) in [6.45, 7) is 0.901. The van der Waals surface area contributed by atoms with Crippen LogP contribution in [-0.2, 0) is 4.79 Å². The van der Waals surface area contributed by atoms with E-state index in [0.717, 1.165) is 25.8 Å². The number of hydrogen-bond donors (Lipinski definition) is 3. The van der Waals surface area contributed by atoms with Gasteiger partial charge in [0.05, 0.1) is 6.04 Å². The molecule has 1 fully saturated rings. The van der Waals surface area contributed by atoms with Gasteiger partial charge in [0.15, 0.2) is 0 Å². The highest BCUT2D eigenvalue weighted by molar-refractivity contribution is 5.94. The smallest absolute Gasteiger partial charge is 0.241 e. The summed E-state index contributed by atoms with van der Waals surface area (Å²) in [7, 11) is 0. The SMILES string of the molecule is O=C(Nc1cccc(O)c1)[C@H]1CCCCCN1. The summed E-state index contributed by atoms with van der Waals surface area (Å²) in [4.78, 5) is 12.0. The molecule has 4 heteroatoms. The second-order valence-electron chi connectivity index (χ2n) is 4.40. The molecular weight excluding hydrogens is 216 g/mol. The first-order valence-corrected chi connectivity index (χ1v) is 6.09. The van der Waals surface area contributed by atoms with Gasteiger partial charge in [-0.25, -0.2) is 0 Å². The Bertz CT molecular complexity index is 385. The zero-order valence-electron chi connectivity index (χ0n) is 9.78. The molecule has 0 radical (unpaired) electrons. The number of hydrogen-bond acceptors (Lipinski definition) is 3. The molecule has 17 heavy (non-hydrogen) atoms. The molecule has 1 saturated heterocycles. The fraction of sp³-hybridized carbons (Fsp3) is 0.462. The Morgan fingerprint density at radius 3 is 3.06 bits per heavy atom. The molecule has 1 aromatic rings. The second-order valence-corrected chi connectivity index (χ2v) is 4.40. The van der Waals surface area contributed by atoms with Gasteiger partial charge in [-0.05, 0) is 31.5 Å². The standard InChI is InChI=1S/C13H18N2O2/c16-11-6-4-5-10(9-11)15-13(17)12-7-2-1-3-8-14-12/h4-6,9,12,14,16H,1-3,7-8H2,(H,15,17)/t12-/m1/s1. The zero-order chi connectivity index (χ0) is 12.1. The van der Waals surface area contributed by atoms with Crippen LogP contribution >= 0.6 is 0 Å². The van der Waals surface area contributed by atoms with Gasteiger partial charge >= 0.3 is 0 Å². The predicted octanol–water partition coefficient (Wildman–Crippen LogP) is 1.86. The van der Waals surface area contributed by atoms with E-state index in [1.165, 1.54) is 6.42 Å². The Morgan fingerprint density at radius 2 is 2.24 bits per heavy atom. The fourth-order valence-corrected chi connectivity index (χ4v) is 2.07. The lowest BCUT2D eigenvalue weighted by Crippen LogP contribution is -2.39. The van der Waals surface area contributed by atoms with Crippen LogP contribution in [0.4, 0.5) is 5.69 Å². The number of nitrogens with one attached hydrogen (secondary N) is 2. The van der Waals surface area contributed by atoms with Crippen molar-refractivity contribution in [3.05, 3.63) is 24.3 Å². The number of carbonyl (C=O) groups excluding carboxylic acids is 1. The van der Waals surface area contributed by atoms with Gasteiger partial charge in [0.25, 0.3) is 0 Å². The molecule has 1 heterocycles. The van der Waals surface area contributed by atoms with Crippen LogP contribution in [0, 0.1) is 0 Å². The number of phenols is 1. The number of aromatic hydroxyl groups is 1. The molecule has 0 unspecified atom stereocenters. The summed E-state index contributed by atoms with van der Waals surface area (Å²) >= 11 is 0.